The van der Waals surface area contributed by atoms with E-state index in [4.69, 9.17) is 0 Å². The summed E-state index contributed by atoms with van der Waals surface area (Å²) in [6.07, 6.45) is 3.10. The molecular weight excluding hydrogens is 148 g/mol. The largest absolute Gasteiger partial charge is 0.434 e. The van der Waals surface area contributed by atoms with Crippen LogP contribution in [-0.2, 0) is 0 Å². The summed E-state index contributed by atoms with van der Waals surface area (Å²) in [5.41, 5.74) is 0.642. The summed E-state index contributed by atoms with van der Waals surface area (Å²) in [6, 6.07) is 0. The lowest BCUT2D eigenvalue weighted by molar-refractivity contribution is 0.527. The zero-order valence-electron chi connectivity index (χ0n) is 5.37. The molecule has 0 spiro atoms. The molecule has 0 fully saturated rings. The number of hydrogen-bond acceptors (Lipinski definition) is 4. The first-order valence-corrected chi connectivity index (χ1v) is 2.91. The highest BCUT2D eigenvalue weighted by Gasteiger charge is 2.04. The Hall–Kier alpha value is -1.85. The molecule has 11 heavy (non-hydrogen) atoms. The van der Waals surface area contributed by atoms with Crippen LogP contribution in [0.15, 0.2) is 21.6 Å². The van der Waals surface area contributed by atoms with Crippen LogP contribution in [0.5, 0.6) is 0 Å². The van der Waals surface area contributed by atoms with Crippen LogP contribution in [-0.4, -0.2) is 20.4 Å². The van der Waals surface area contributed by atoms with Crippen LogP contribution in [0.4, 0.5) is 0 Å². The van der Waals surface area contributed by atoms with E-state index in [1.54, 1.807) is 6.20 Å². The van der Waals surface area contributed by atoms with Gasteiger partial charge >= 0.3 is 5.76 Å². The van der Waals surface area contributed by atoms with Crippen molar-refractivity contribution >= 4 is 0 Å². The minimum atomic E-state index is -0.568. The molecule has 0 amide bonds. The molecule has 0 saturated carbocycles. The number of aromatic amines is 2. The number of nitrogens with one attached hydrogen (secondary N) is 2. The van der Waals surface area contributed by atoms with E-state index in [9.17, 15) is 4.79 Å². The van der Waals surface area contributed by atoms with Crippen molar-refractivity contribution in [2.45, 2.75) is 0 Å². The van der Waals surface area contributed by atoms with Crippen molar-refractivity contribution < 1.29 is 4.42 Å². The van der Waals surface area contributed by atoms with E-state index in [2.05, 4.69) is 24.8 Å². The molecule has 2 aromatic rings. The lowest BCUT2D eigenvalue weighted by atomic mass is 10.4. The molecule has 0 aromatic carbocycles. The average Bonchev–Trinajstić information content (AvgIpc) is 2.55. The highest BCUT2D eigenvalue weighted by Crippen LogP contribution is 2.10. The summed E-state index contributed by atoms with van der Waals surface area (Å²) in [5, 5.41) is 12.0. The summed E-state index contributed by atoms with van der Waals surface area (Å²) in [4.78, 5) is 10.5. The van der Waals surface area contributed by atoms with Gasteiger partial charge in [-0.15, -0.1) is 5.10 Å². The second kappa shape index (κ2) is 2.08. The van der Waals surface area contributed by atoms with Crippen LogP contribution in [0.1, 0.15) is 0 Å². The molecule has 0 aliphatic rings. The van der Waals surface area contributed by atoms with Gasteiger partial charge in [0.25, 0.3) is 5.89 Å². The van der Waals surface area contributed by atoms with Gasteiger partial charge in [0.1, 0.15) is 0 Å². The van der Waals surface area contributed by atoms with E-state index < -0.39 is 5.76 Å². The fourth-order valence-electron chi connectivity index (χ4n) is 0.721. The van der Waals surface area contributed by atoms with E-state index in [-0.39, 0.29) is 5.89 Å². The van der Waals surface area contributed by atoms with Gasteiger partial charge in [0.15, 0.2) is 0 Å². The summed E-state index contributed by atoms with van der Waals surface area (Å²) >= 11 is 0. The number of H-pyrrole nitrogens is 2. The molecule has 0 bridgehead atoms. The number of aromatic nitrogens is 4. The molecule has 2 heterocycles. The molecule has 6 heteroatoms. The van der Waals surface area contributed by atoms with Crippen molar-refractivity contribution in [3.05, 3.63) is 22.9 Å². The fourth-order valence-corrected chi connectivity index (χ4v) is 0.721. The second-order valence-corrected chi connectivity index (χ2v) is 1.91. The molecule has 6 nitrogen and oxygen atoms in total. The lowest BCUT2D eigenvalue weighted by Gasteiger charge is -1.79. The van der Waals surface area contributed by atoms with E-state index in [1.165, 1.54) is 6.20 Å². The van der Waals surface area contributed by atoms with Gasteiger partial charge in [-0.05, 0) is 0 Å². The quantitative estimate of drug-likeness (QED) is 0.589. The molecule has 0 aliphatic heterocycles. The summed E-state index contributed by atoms with van der Waals surface area (Å²) in [7, 11) is 0. The Morgan fingerprint density at radius 1 is 1.55 bits per heavy atom. The molecule has 0 unspecified atom stereocenters. The van der Waals surface area contributed by atoms with Gasteiger partial charge < -0.3 is 4.42 Å². The Morgan fingerprint density at radius 3 is 3.00 bits per heavy atom. The Bertz CT molecular complexity index is 385. The monoisotopic (exact) mass is 152 g/mol. The van der Waals surface area contributed by atoms with Crippen molar-refractivity contribution in [2.75, 3.05) is 0 Å². The highest BCUT2D eigenvalue weighted by atomic mass is 16.4. The van der Waals surface area contributed by atoms with Crippen molar-refractivity contribution in [3.8, 4) is 11.5 Å². The van der Waals surface area contributed by atoms with E-state index in [0.717, 1.165) is 0 Å². The maximum absolute atomic E-state index is 10.5. The Morgan fingerprint density at radius 2 is 2.45 bits per heavy atom. The SMILES string of the molecule is O=c1[nH]nc(-c2cn[nH]c2)o1. The van der Waals surface area contributed by atoms with E-state index >= 15 is 0 Å². The molecule has 56 valence electrons. The highest BCUT2D eigenvalue weighted by molar-refractivity contribution is 5.48. The maximum Gasteiger partial charge on any atom is 0.434 e. The predicted molar refractivity (Wildman–Crippen MR) is 34.7 cm³/mol. The third-order valence-electron chi connectivity index (χ3n) is 1.18. The molecule has 2 aromatic heterocycles. The van der Waals surface area contributed by atoms with Crippen LogP contribution >= 0.6 is 0 Å². The number of rotatable bonds is 1. The molecule has 0 saturated heterocycles. The van der Waals surface area contributed by atoms with Crippen LogP contribution in [0.2, 0.25) is 0 Å². The minimum Gasteiger partial charge on any atom is -0.388 e. The summed E-state index contributed by atoms with van der Waals surface area (Å²) in [6.45, 7) is 0. The number of hydrogen-bond donors (Lipinski definition) is 2. The van der Waals surface area contributed by atoms with Crippen molar-refractivity contribution in [1.29, 1.82) is 0 Å². The van der Waals surface area contributed by atoms with Crippen LogP contribution in [0, 0.1) is 0 Å². The van der Waals surface area contributed by atoms with Crippen molar-refractivity contribution in [2.24, 2.45) is 0 Å². The minimum absolute atomic E-state index is 0.240. The first kappa shape index (κ1) is 5.90. The Labute approximate surface area is 60.2 Å². The van der Waals surface area contributed by atoms with Crippen molar-refractivity contribution in [3.63, 3.8) is 0 Å². The van der Waals surface area contributed by atoms with Crippen LogP contribution < -0.4 is 5.76 Å². The van der Waals surface area contributed by atoms with Gasteiger partial charge in [-0.1, -0.05) is 0 Å². The van der Waals surface area contributed by atoms with Gasteiger partial charge in [-0.3, -0.25) is 5.10 Å². The van der Waals surface area contributed by atoms with Gasteiger partial charge in [-0.25, -0.2) is 9.89 Å². The Balaban J connectivity index is 2.53. The average molecular weight is 152 g/mol. The Kier molecular flexibility index (Phi) is 1.12. The molecule has 0 aliphatic carbocycles. The topological polar surface area (TPSA) is 87.6 Å². The van der Waals surface area contributed by atoms with Gasteiger partial charge in [0, 0.05) is 6.20 Å². The molecule has 0 radical (unpaired) electrons. The first-order chi connectivity index (χ1) is 5.36. The van der Waals surface area contributed by atoms with E-state index in [0.29, 0.717) is 5.56 Å². The molecule has 0 atom stereocenters. The zero-order chi connectivity index (χ0) is 7.68. The van der Waals surface area contributed by atoms with Crippen LogP contribution in [0.25, 0.3) is 11.5 Å². The standard InChI is InChI=1S/C5H4N4O2/c10-5-9-8-4(11-5)3-1-6-7-2-3/h1-2H,(H,6,7)(H,9,10). The van der Waals surface area contributed by atoms with Gasteiger partial charge in [0.2, 0.25) is 0 Å². The van der Waals surface area contributed by atoms with Crippen LogP contribution in [0.3, 0.4) is 0 Å². The normalized spacial score (nSPS) is 10.2. The fraction of sp³-hybridized carbons (Fsp3) is 0. The lowest BCUT2D eigenvalue weighted by Crippen LogP contribution is -1.93. The zero-order valence-corrected chi connectivity index (χ0v) is 5.37. The maximum atomic E-state index is 10.5. The van der Waals surface area contributed by atoms with Gasteiger partial charge in [-0.2, -0.15) is 5.10 Å². The summed E-state index contributed by atoms with van der Waals surface area (Å²) < 4.78 is 4.65. The third-order valence-corrected chi connectivity index (χ3v) is 1.18. The first-order valence-electron chi connectivity index (χ1n) is 2.91. The molecule has 2 rings (SSSR count). The summed E-state index contributed by atoms with van der Waals surface area (Å²) in [5.74, 6) is -0.329. The van der Waals surface area contributed by atoms with Gasteiger partial charge in [0.05, 0.1) is 11.8 Å². The smallest absolute Gasteiger partial charge is 0.388 e. The van der Waals surface area contributed by atoms with Crippen molar-refractivity contribution in [1.82, 2.24) is 20.4 Å². The number of nitrogens with zero attached hydrogens (tertiary/aromatic N) is 2. The second-order valence-electron chi connectivity index (χ2n) is 1.91. The van der Waals surface area contributed by atoms with E-state index in [1.807, 2.05) is 0 Å². The molecular formula is C5H4N4O2. The predicted octanol–water partition coefficient (Wildman–Crippen LogP) is -0.247. The third kappa shape index (κ3) is 0.936. The molecule has 2 N–H and O–H groups in total.